The topological polar surface area (TPSA) is 37.8 Å². The molecule has 1 N–H and O–H groups in total. The number of nitrogens with zero attached hydrogens (tertiary/aromatic N) is 2. The maximum Gasteiger partial charge on any atom is 0.389 e. The van der Waals surface area contributed by atoms with Gasteiger partial charge in [-0.25, -0.2) is 0 Å². The lowest BCUT2D eigenvalue weighted by Gasteiger charge is -2.18. The Morgan fingerprint density at radius 1 is 1.35 bits per heavy atom. The van der Waals surface area contributed by atoms with E-state index in [4.69, 9.17) is 0 Å². The van der Waals surface area contributed by atoms with Crippen LogP contribution in [0.4, 0.5) is 13.2 Å². The summed E-state index contributed by atoms with van der Waals surface area (Å²) in [6.07, 6.45) is -1.13. The molecular weight excluding hydrogens is 231 g/mol. The molecule has 0 aliphatic rings. The van der Waals surface area contributed by atoms with Gasteiger partial charge in [0.15, 0.2) is 0 Å². The highest BCUT2D eigenvalue weighted by atomic mass is 19.4. The molecule has 0 aliphatic carbocycles. The monoisotopic (exact) mass is 247 g/mol. The molecule has 1 rings (SSSR count). The molecule has 0 aromatic carbocycles. The maximum absolute atomic E-state index is 12.1. The molecule has 17 heavy (non-hydrogen) atoms. The molecule has 0 spiro atoms. The first-order valence-electron chi connectivity index (χ1n) is 5.59. The lowest BCUT2D eigenvalue weighted by molar-refractivity contribution is -0.135. The molecule has 0 amide bonds. The van der Waals surface area contributed by atoms with E-state index in [0.29, 0.717) is 13.0 Å². The molecule has 96 valence electrons. The standard InChI is InChI=1S/C11H16F3N3/c1-2-15-10(4-3-6-11(12,13)14)9-5-7-16-17-8-9/h5,7-8,10,15H,2-4,6H2,1H3. The van der Waals surface area contributed by atoms with Crippen molar-refractivity contribution in [1.29, 1.82) is 0 Å². The molecule has 0 saturated heterocycles. The van der Waals surface area contributed by atoms with Crippen molar-refractivity contribution in [3.8, 4) is 0 Å². The lowest BCUT2D eigenvalue weighted by Crippen LogP contribution is -2.21. The minimum absolute atomic E-state index is 0.0853. The molecule has 0 aliphatic heterocycles. The Labute approximate surface area is 98.4 Å². The molecule has 0 radical (unpaired) electrons. The second-order valence-electron chi connectivity index (χ2n) is 3.79. The van der Waals surface area contributed by atoms with Gasteiger partial charge in [-0.1, -0.05) is 6.92 Å². The van der Waals surface area contributed by atoms with Crippen LogP contribution in [0.15, 0.2) is 18.5 Å². The van der Waals surface area contributed by atoms with Crippen LogP contribution in [0.2, 0.25) is 0 Å². The maximum atomic E-state index is 12.1. The van der Waals surface area contributed by atoms with E-state index in [0.717, 1.165) is 5.56 Å². The predicted octanol–water partition coefficient (Wildman–Crippen LogP) is 2.86. The van der Waals surface area contributed by atoms with Crippen molar-refractivity contribution >= 4 is 0 Å². The first-order chi connectivity index (χ1) is 8.03. The Kier molecular flexibility index (Phi) is 5.34. The van der Waals surface area contributed by atoms with Crippen molar-refractivity contribution in [3.63, 3.8) is 0 Å². The summed E-state index contributed by atoms with van der Waals surface area (Å²) in [5, 5.41) is 10.5. The molecule has 1 atom stereocenters. The molecule has 1 aromatic heterocycles. The van der Waals surface area contributed by atoms with Gasteiger partial charge in [0.05, 0.1) is 6.20 Å². The Hall–Kier alpha value is -1.17. The molecule has 1 heterocycles. The van der Waals surface area contributed by atoms with Gasteiger partial charge >= 0.3 is 6.18 Å². The van der Waals surface area contributed by atoms with Crippen LogP contribution in [-0.2, 0) is 0 Å². The number of halogens is 3. The van der Waals surface area contributed by atoms with Crippen LogP contribution < -0.4 is 5.32 Å². The Morgan fingerprint density at radius 2 is 2.12 bits per heavy atom. The van der Waals surface area contributed by atoms with E-state index < -0.39 is 12.6 Å². The number of hydrogen-bond acceptors (Lipinski definition) is 3. The van der Waals surface area contributed by atoms with Crippen molar-refractivity contribution in [2.75, 3.05) is 6.54 Å². The summed E-state index contributed by atoms with van der Waals surface area (Å²) in [5.41, 5.74) is 0.879. The zero-order valence-electron chi connectivity index (χ0n) is 9.67. The molecule has 1 unspecified atom stereocenters. The predicted molar refractivity (Wildman–Crippen MR) is 58.4 cm³/mol. The highest BCUT2D eigenvalue weighted by molar-refractivity contribution is 5.11. The second-order valence-corrected chi connectivity index (χ2v) is 3.79. The van der Waals surface area contributed by atoms with Crippen LogP contribution in [0.1, 0.15) is 37.8 Å². The molecule has 0 bridgehead atoms. The summed E-state index contributed by atoms with van der Waals surface area (Å²) >= 11 is 0. The SMILES string of the molecule is CCNC(CCCC(F)(F)F)c1ccnnc1. The van der Waals surface area contributed by atoms with Gasteiger partial charge in [-0.15, -0.1) is 0 Å². The van der Waals surface area contributed by atoms with Crippen LogP contribution >= 0.6 is 0 Å². The number of rotatable bonds is 6. The molecule has 6 heteroatoms. The minimum Gasteiger partial charge on any atom is -0.310 e. The molecule has 3 nitrogen and oxygen atoms in total. The highest BCUT2D eigenvalue weighted by Crippen LogP contribution is 2.25. The Bertz CT molecular complexity index is 313. The summed E-state index contributed by atoms with van der Waals surface area (Å²) < 4.78 is 36.2. The van der Waals surface area contributed by atoms with Gasteiger partial charge in [0.2, 0.25) is 0 Å². The third-order valence-corrected chi connectivity index (χ3v) is 2.41. The zero-order chi connectivity index (χ0) is 12.7. The van der Waals surface area contributed by atoms with E-state index in [9.17, 15) is 13.2 Å². The fourth-order valence-electron chi connectivity index (χ4n) is 1.65. The summed E-state index contributed by atoms with van der Waals surface area (Å²) in [7, 11) is 0. The lowest BCUT2D eigenvalue weighted by atomic mass is 10.0. The average Bonchev–Trinajstić information content (AvgIpc) is 2.27. The fraction of sp³-hybridized carbons (Fsp3) is 0.636. The van der Waals surface area contributed by atoms with Crippen LogP contribution in [0.25, 0.3) is 0 Å². The third-order valence-electron chi connectivity index (χ3n) is 2.41. The van der Waals surface area contributed by atoms with Gasteiger partial charge in [-0.2, -0.15) is 23.4 Å². The summed E-state index contributed by atoms with van der Waals surface area (Å²) in [4.78, 5) is 0. The van der Waals surface area contributed by atoms with Crippen LogP contribution in [0.3, 0.4) is 0 Å². The first-order valence-corrected chi connectivity index (χ1v) is 5.59. The van der Waals surface area contributed by atoms with E-state index in [2.05, 4.69) is 15.5 Å². The molecule has 0 fully saturated rings. The van der Waals surface area contributed by atoms with Crippen LogP contribution in [0, 0.1) is 0 Å². The van der Waals surface area contributed by atoms with Gasteiger partial charge in [-0.3, -0.25) is 0 Å². The van der Waals surface area contributed by atoms with E-state index >= 15 is 0 Å². The van der Waals surface area contributed by atoms with E-state index in [1.165, 1.54) is 0 Å². The first kappa shape index (κ1) is 13.9. The van der Waals surface area contributed by atoms with Crippen molar-refractivity contribution in [1.82, 2.24) is 15.5 Å². The van der Waals surface area contributed by atoms with Gasteiger partial charge in [0.1, 0.15) is 0 Å². The number of aromatic nitrogens is 2. The Morgan fingerprint density at radius 3 is 2.65 bits per heavy atom. The highest BCUT2D eigenvalue weighted by Gasteiger charge is 2.26. The third kappa shape index (κ3) is 5.63. The van der Waals surface area contributed by atoms with Gasteiger partial charge < -0.3 is 5.32 Å². The normalized spacial score (nSPS) is 13.6. The van der Waals surface area contributed by atoms with Crippen molar-refractivity contribution in [2.45, 2.75) is 38.4 Å². The fourth-order valence-corrected chi connectivity index (χ4v) is 1.65. The zero-order valence-corrected chi connectivity index (χ0v) is 9.67. The molecule has 0 saturated carbocycles. The van der Waals surface area contributed by atoms with Crippen LogP contribution in [-0.4, -0.2) is 22.9 Å². The minimum atomic E-state index is -4.08. The summed E-state index contributed by atoms with van der Waals surface area (Å²) in [6.45, 7) is 2.63. The van der Waals surface area contributed by atoms with Crippen molar-refractivity contribution in [3.05, 3.63) is 24.0 Å². The van der Waals surface area contributed by atoms with Crippen molar-refractivity contribution < 1.29 is 13.2 Å². The largest absolute Gasteiger partial charge is 0.389 e. The second kappa shape index (κ2) is 6.54. The van der Waals surface area contributed by atoms with E-state index in [-0.39, 0.29) is 12.5 Å². The molecule has 1 aromatic rings. The smallest absolute Gasteiger partial charge is 0.310 e. The summed E-state index contributed by atoms with van der Waals surface area (Å²) in [6, 6.07) is 1.69. The quantitative estimate of drug-likeness (QED) is 0.840. The molecular formula is C11H16F3N3. The number of alkyl halides is 3. The summed E-state index contributed by atoms with van der Waals surface area (Å²) in [5.74, 6) is 0. The van der Waals surface area contributed by atoms with Gasteiger partial charge in [-0.05, 0) is 31.0 Å². The van der Waals surface area contributed by atoms with E-state index in [1.807, 2.05) is 6.92 Å². The van der Waals surface area contributed by atoms with Gasteiger partial charge in [0.25, 0.3) is 0 Å². The van der Waals surface area contributed by atoms with Gasteiger partial charge in [0, 0.05) is 18.7 Å². The average molecular weight is 247 g/mol. The van der Waals surface area contributed by atoms with Crippen molar-refractivity contribution in [2.24, 2.45) is 0 Å². The number of hydrogen-bond donors (Lipinski definition) is 1. The number of nitrogens with one attached hydrogen (secondary N) is 1. The Balaban J connectivity index is 2.50. The van der Waals surface area contributed by atoms with Crippen LogP contribution in [0.5, 0.6) is 0 Å². The van der Waals surface area contributed by atoms with E-state index in [1.54, 1.807) is 18.5 Å².